The third kappa shape index (κ3) is 2.96. The fraction of sp³-hybridized carbons (Fsp3) is 0.900. The van der Waals surface area contributed by atoms with Gasteiger partial charge in [0.05, 0.1) is 6.61 Å². The second kappa shape index (κ2) is 5.32. The van der Waals surface area contributed by atoms with Gasteiger partial charge in [0, 0.05) is 0 Å². The largest absolute Gasteiger partial charge is 0.461 e. The minimum absolute atomic E-state index is 0.00569. The van der Waals surface area contributed by atoms with E-state index in [1.54, 1.807) is 0 Å². The van der Waals surface area contributed by atoms with Crippen LogP contribution in [0.15, 0.2) is 0 Å². The maximum absolute atomic E-state index is 11.3. The molecular weight excluding hydrogens is 182 g/mol. The predicted molar refractivity (Wildman–Crippen MR) is 52.6 cm³/mol. The van der Waals surface area contributed by atoms with Crippen LogP contribution < -0.4 is 5.73 Å². The SMILES string of the molecule is CC1CCCCC1OC(=O)[C@H](N)CO. The van der Waals surface area contributed by atoms with Crippen LogP contribution in [0.4, 0.5) is 0 Å². The molecule has 1 aliphatic rings. The molecule has 0 aromatic heterocycles. The summed E-state index contributed by atoms with van der Waals surface area (Å²) in [7, 11) is 0. The highest BCUT2D eigenvalue weighted by Crippen LogP contribution is 2.26. The summed E-state index contributed by atoms with van der Waals surface area (Å²) in [4.78, 5) is 11.3. The zero-order chi connectivity index (χ0) is 10.6. The summed E-state index contributed by atoms with van der Waals surface area (Å²) < 4.78 is 5.23. The van der Waals surface area contributed by atoms with E-state index in [2.05, 4.69) is 6.92 Å². The second-order valence-corrected chi connectivity index (χ2v) is 4.03. The van der Waals surface area contributed by atoms with Gasteiger partial charge in [-0.15, -0.1) is 0 Å². The molecule has 3 N–H and O–H groups in total. The highest BCUT2D eigenvalue weighted by Gasteiger charge is 2.26. The molecule has 0 aliphatic heterocycles. The molecule has 2 unspecified atom stereocenters. The Bertz CT molecular complexity index is 196. The molecule has 0 aromatic carbocycles. The normalized spacial score (nSPS) is 29.6. The van der Waals surface area contributed by atoms with E-state index in [1.165, 1.54) is 6.42 Å². The lowest BCUT2D eigenvalue weighted by Gasteiger charge is -2.29. The maximum atomic E-state index is 11.3. The Morgan fingerprint density at radius 2 is 2.21 bits per heavy atom. The first-order chi connectivity index (χ1) is 6.65. The smallest absolute Gasteiger partial charge is 0.325 e. The Morgan fingerprint density at radius 3 is 2.79 bits per heavy atom. The molecule has 0 radical (unpaired) electrons. The van der Waals surface area contributed by atoms with Gasteiger partial charge in [-0.3, -0.25) is 4.79 Å². The highest BCUT2D eigenvalue weighted by molar-refractivity contribution is 5.75. The van der Waals surface area contributed by atoms with Crippen LogP contribution >= 0.6 is 0 Å². The van der Waals surface area contributed by atoms with Crippen LogP contribution in [-0.2, 0) is 9.53 Å². The fourth-order valence-corrected chi connectivity index (χ4v) is 1.77. The Hall–Kier alpha value is -0.610. The fourth-order valence-electron chi connectivity index (χ4n) is 1.77. The molecule has 3 atom stereocenters. The molecule has 4 nitrogen and oxygen atoms in total. The van der Waals surface area contributed by atoms with Gasteiger partial charge < -0.3 is 15.6 Å². The van der Waals surface area contributed by atoms with Crippen molar-refractivity contribution in [3.8, 4) is 0 Å². The minimum Gasteiger partial charge on any atom is -0.461 e. The maximum Gasteiger partial charge on any atom is 0.325 e. The number of hydrogen-bond acceptors (Lipinski definition) is 4. The van der Waals surface area contributed by atoms with Crippen LogP contribution in [0.3, 0.4) is 0 Å². The second-order valence-electron chi connectivity index (χ2n) is 4.03. The summed E-state index contributed by atoms with van der Waals surface area (Å²) in [5.41, 5.74) is 5.35. The quantitative estimate of drug-likeness (QED) is 0.649. The predicted octanol–water partition coefficient (Wildman–Crippen LogP) is 0.428. The molecule has 14 heavy (non-hydrogen) atoms. The van der Waals surface area contributed by atoms with Crippen molar-refractivity contribution >= 4 is 5.97 Å². The van der Waals surface area contributed by atoms with Gasteiger partial charge in [-0.05, 0) is 25.2 Å². The molecule has 1 rings (SSSR count). The van der Waals surface area contributed by atoms with Gasteiger partial charge in [-0.25, -0.2) is 0 Å². The van der Waals surface area contributed by atoms with Crippen LogP contribution in [0, 0.1) is 5.92 Å². The molecule has 1 aliphatic carbocycles. The highest BCUT2D eigenvalue weighted by atomic mass is 16.5. The van der Waals surface area contributed by atoms with E-state index in [0.717, 1.165) is 19.3 Å². The Balaban J connectivity index is 2.38. The molecule has 4 heteroatoms. The summed E-state index contributed by atoms with van der Waals surface area (Å²) in [6.07, 6.45) is 4.34. The number of esters is 1. The van der Waals surface area contributed by atoms with Gasteiger partial charge in [0.15, 0.2) is 0 Å². The zero-order valence-corrected chi connectivity index (χ0v) is 8.61. The lowest BCUT2D eigenvalue weighted by atomic mass is 9.88. The number of aliphatic hydroxyl groups excluding tert-OH is 1. The molecule has 0 spiro atoms. The zero-order valence-electron chi connectivity index (χ0n) is 8.61. The van der Waals surface area contributed by atoms with Gasteiger partial charge in [0.1, 0.15) is 12.1 Å². The third-order valence-corrected chi connectivity index (χ3v) is 2.80. The van der Waals surface area contributed by atoms with E-state index in [0.29, 0.717) is 5.92 Å². The number of aliphatic hydroxyl groups is 1. The summed E-state index contributed by atoms with van der Waals surface area (Å²) in [5.74, 6) is -0.0650. The lowest BCUT2D eigenvalue weighted by molar-refractivity contribution is -0.155. The molecular formula is C10H19NO3. The van der Waals surface area contributed by atoms with Crippen molar-refractivity contribution in [1.82, 2.24) is 0 Å². The van der Waals surface area contributed by atoms with Crippen molar-refractivity contribution in [3.63, 3.8) is 0 Å². The molecule has 0 amide bonds. The summed E-state index contributed by atoms with van der Waals surface area (Å²) >= 11 is 0. The lowest BCUT2D eigenvalue weighted by Crippen LogP contribution is -2.39. The number of nitrogens with two attached hydrogens (primary N) is 1. The molecule has 0 saturated heterocycles. The average Bonchev–Trinajstić information content (AvgIpc) is 2.20. The van der Waals surface area contributed by atoms with Gasteiger partial charge in [-0.2, -0.15) is 0 Å². The van der Waals surface area contributed by atoms with Crippen LogP contribution in [0.2, 0.25) is 0 Å². The van der Waals surface area contributed by atoms with E-state index in [-0.39, 0.29) is 12.7 Å². The molecule has 82 valence electrons. The van der Waals surface area contributed by atoms with Crippen molar-refractivity contribution in [1.29, 1.82) is 0 Å². The molecule has 0 heterocycles. The first kappa shape index (κ1) is 11.5. The number of carbonyl (C=O) groups excluding carboxylic acids is 1. The van der Waals surface area contributed by atoms with Crippen molar-refractivity contribution in [2.24, 2.45) is 11.7 Å². The van der Waals surface area contributed by atoms with Crippen LogP contribution in [-0.4, -0.2) is 29.8 Å². The van der Waals surface area contributed by atoms with Crippen molar-refractivity contribution in [2.75, 3.05) is 6.61 Å². The molecule has 1 saturated carbocycles. The van der Waals surface area contributed by atoms with Crippen LogP contribution in [0.25, 0.3) is 0 Å². The van der Waals surface area contributed by atoms with Gasteiger partial charge in [0.2, 0.25) is 0 Å². The summed E-state index contributed by atoms with van der Waals surface area (Å²) in [5, 5.41) is 8.67. The number of ether oxygens (including phenoxy) is 1. The van der Waals surface area contributed by atoms with E-state index in [1.807, 2.05) is 0 Å². The van der Waals surface area contributed by atoms with Crippen LogP contribution in [0.1, 0.15) is 32.6 Å². The monoisotopic (exact) mass is 201 g/mol. The summed E-state index contributed by atoms with van der Waals surface area (Å²) in [6, 6.07) is -0.885. The van der Waals surface area contributed by atoms with E-state index < -0.39 is 12.0 Å². The summed E-state index contributed by atoms with van der Waals surface area (Å²) in [6.45, 7) is 1.74. The molecule has 0 bridgehead atoms. The van der Waals surface area contributed by atoms with Gasteiger partial charge >= 0.3 is 5.97 Å². The Kier molecular flexibility index (Phi) is 4.35. The van der Waals surface area contributed by atoms with Crippen molar-refractivity contribution in [3.05, 3.63) is 0 Å². The van der Waals surface area contributed by atoms with E-state index in [4.69, 9.17) is 15.6 Å². The Morgan fingerprint density at radius 1 is 1.57 bits per heavy atom. The van der Waals surface area contributed by atoms with Crippen molar-refractivity contribution in [2.45, 2.75) is 44.8 Å². The third-order valence-electron chi connectivity index (χ3n) is 2.80. The van der Waals surface area contributed by atoms with Gasteiger partial charge in [0.25, 0.3) is 0 Å². The first-order valence-electron chi connectivity index (χ1n) is 5.22. The van der Waals surface area contributed by atoms with E-state index >= 15 is 0 Å². The molecule has 1 fully saturated rings. The number of hydrogen-bond donors (Lipinski definition) is 2. The number of rotatable bonds is 3. The van der Waals surface area contributed by atoms with Crippen LogP contribution in [0.5, 0.6) is 0 Å². The first-order valence-corrected chi connectivity index (χ1v) is 5.22. The van der Waals surface area contributed by atoms with E-state index in [9.17, 15) is 4.79 Å². The standard InChI is InChI=1S/C10H19NO3/c1-7-4-2-3-5-9(7)14-10(13)8(11)6-12/h7-9,12H,2-6,11H2,1H3/t7?,8-,9?/m1/s1. The minimum atomic E-state index is -0.885. The topological polar surface area (TPSA) is 72.5 Å². The number of carbonyl (C=O) groups is 1. The molecule has 0 aromatic rings. The Labute approximate surface area is 84.4 Å². The van der Waals surface area contributed by atoms with Crippen molar-refractivity contribution < 1.29 is 14.6 Å². The average molecular weight is 201 g/mol. The van der Waals surface area contributed by atoms with Gasteiger partial charge in [-0.1, -0.05) is 13.3 Å².